The molecule has 0 spiro atoms. The van der Waals surface area contributed by atoms with Gasteiger partial charge in [-0.15, -0.1) is 0 Å². The molecular weight excluding hydrogens is 248 g/mol. The van der Waals surface area contributed by atoms with Gasteiger partial charge in [-0.3, -0.25) is 0 Å². The summed E-state index contributed by atoms with van der Waals surface area (Å²) in [5.41, 5.74) is 0. The monoisotopic (exact) mass is 278 g/mol. The predicted molar refractivity (Wildman–Crippen MR) is 83.8 cm³/mol. The molecule has 0 aromatic carbocycles. The van der Waals surface area contributed by atoms with E-state index in [0.29, 0.717) is 6.04 Å². The van der Waals surface area contributed by atoms with Gasteiger partial charge < -0.3 is 14.4 Å². The van der Waals surface area contributed by atoms with Crippen LogP contribution in [-0.4, -0.2) is 58.6 Å². The summed E-state index contributed by atoms with van der Waals surface area (Å²) in [5.74, 6) is 2.02. The molecule has 1 unspecified atom stereocenters. The molecule has 4 heteroatoms. The molecule has 2 heterocycles. The molecule has 1 aromatic heterocycles. The Morgan fingerprint density at radius 1 is 1.45 bits per heavy atom. The first-order valence-corrected chi connectivity index (χ1v) is 7.95. The number of nitrogens with zero attached hydrogens (tertiary/aromatic N) is 4. The number of piperidine rings is 1. The van der Waals surface area contributed by atoms with E-state index in [1.807, 2.05) is 12.4 Å². The van der Waals surface area contributed by atoms with Crippen molar-refractivity contribution < 1.29 is 0 Å². The maximum absolute atomic E-state index is 4.40. The Balaban J connectivity index is 1.74. The Kier molecular flexibility index (Phi) is 5.61. The maximum atomic E-state index is 4.40. The average molecular weight is 278 g/mol. The van der Waals surface area contributed by atoms with Crippen LogP contribution in [0.4, 0.5) is 0 Å². The van der Waals surface area contributed by atoms with Crippen LogP contribution < -0.4 is 0 Å². The molecule has 114 valence electrons. The van der Waals surface area contributed by atoms with Gasteiger partial charge in [0.25, 0.3) is 0 Å². The smallest absolute Gasteiger partial charge is 0.109 e. The van der Waals surface area contributed by atoms with Gasteiger partial charge in [-0.1, -0.05) is 0 Å². The fraction of sp³-hybridized carbons (Fsp3) is 0.812. The minimum absolute atomic E-state index is 0.690. The summed E-state index contributed by atoms with van der Waals surface area (Å²) in [5, 5.41) is 0. The van der Waals surface area contributed by atoms with Gasteiger partial charge in [-0.25, -0.2) is 4.98 Å². The van der Waals surface area contributed by atoms with Crippen molar-refractivity contribution in [2.75, 3.05) is 33.2 Å². The molecule has 1 saturated heterocycles. The predicted octanol–water partition coefficient (Wildman–Crippen LogP) is 2.01. The lowest BCUT2D eigenvalue weighted by Gasteiger charge is -2.37. The minimum Gasteiger partial charge on any atom is -0.338 e. The lowest BCUT2D eigenvalue weighted by Crippen LogP contribution is -2.43. The van der Waals surface area contributed by atoms with Gasteiger partial charge in [0.15, 0.2) is 0 Å². The average Bonchev–Trinajstić information content (AvgIpc) is 2.82. The molecule has 1 aliphatic heterocycles. The lowest BCUT2D eigenvalue weighted by molar-refractivity contribution is 0.117. The van der Waals surface area contributed by atoms with E-state index in [2.05, 4.69) is 47.3 Å². The van der Waals surface area contributed by atoms with E-state index in [4.69, 9.17) is 0 Å². The van der Waals surface area contributed by atoms with Crippen LogP contribution in [0.3, 0.4) is 0 Å². The fourth-order valence-electron chi connectivity index (χ4n) is 3.18. The Morgan fingerprint density at radius 2 is 2.25 bits per heavy atom. The topological polar surface area (TPSA) is 24.3 Å². The van der Waals surface area contributed by atoms with Crippen LogP contribution >= 0.6 is 0 Å². The Labute approximate surface area is 123 Å². The largest absolute Gasteiger partial charge is 0.338 e. The summed E-state index contributed by atoms with van der Waals surface area (Å²) in [4.78, 5) is 9.50. The first kappa shape index (κ1) is 15.5. The van der Waals surface area contributed by atoms with E-state index >= 15 is 0 Å². The number of aryl methyl sites for hydroxylation is 1. The van der Waals surface area contributed by atoms with Crippen molar-refractivity contribution in [3.8, 4) is 0 Å². The molecule has 1 aromatic rings. The fourth-order valence-corrected chi connectivity index (χ4v) is 3.18. The highest BCUT2D eigenvalue weighted by molar-refractivity contribution is 4.91. The Morgan fingerprint density at radius 3 is 2.90 bits per heavy atom. The van der Waals surface area contributed by atoms with Crippen LogP contribution in [0.2, 0.25) is 0 Å². The van der Waals surface area contributed by atoms with Crippen LogP contribution in [0.5, 0.6) is 0 Å². The quantitative estimate of drug-likeness (QED) is 0.795. The third-order valence-corrected chi connectivity index (χ3v) is 4.49. The normalized spacial score (nSPS) is 21.0. The second-order valence-electron chi connectivity index (χ2n) is 6.56. The maximum Gasteiger partial charge on any atom is 0.109 e. The van der Waals surface area contributed by atoms with E-state index in [9.17, 15) is 0 Å². The molecule has 0 amide bonds. The van der Waals surface area contributed by atoms with E-state index in [1.165, 1.54) is 38.3 Å². The van der Waals surface area contributed by atoms with Gasteiger partial charge in [0.2, 0.25) is 0 Å². The second kappa shape index (κ2) is 7.23. The van der Waals surface area contributed by atoms with Crippen molar-refractivity contribution in [3.05, 3.63) is 18.2 Å². The summed E-state index contributed by atoms with van der Waals surface area (Å²) < 4.78 is 2.12. The zero-order valence-electron chi connectivity index (χ0n) is 13.5. The zero-order valence-corrected chi connectivity index (χ0v) is 13.5. The SMILES string of the molecule is CC(C)N1CCCC(CN(C)CCc2nccn2C)C1. The van der Waals surface area contributed by atoms with Crippen LogP contribution in [0, 0.1) is 5.92 Å². The number of aromatic nitrogens is 2. The van der Waals surface area contributed by atoms with E-state index in [-0.39, 0.29) is 0 Å². The molecule has 0 aliphatic carbocycles. The first-order valence-electron chi connectivity index (χ1n) is 7.95. The zero-order chi connectivity index (χ0) is 14.5. The number of hydrogen-bond donors (Lipinski definition) is 0. The minimum atomic E-state index is 0.690. The lowest BCUT2D eigenvalue weighted by atomic mass is 9.96. The molecule has 4 nitrogen and oxygen atoms in total. The third-order valence-electron chi connectivity index (χ3n) is 4.49. The van der Waals surface area contributed by atoms with Crippen molar-refractivity contribution in [1.82, 2.24) is 19.4 Å². The molecule has 1 aliphatic rings. The summed E-state index contributed by atoms with van der Waals surface area (Å²) >= 11 is 0. The van der Waals surface area contributed by atoms with Crippen LogP contribution in [-0.2, 0) is 13.5 Å². The highest BCUT2D eigenvalue weighted by Crippen LogP contribution is 2.19. The highest BCUT2D eigenvalue weighted by Gasteiger charge is 2.22. The van der Waals surface area contributed by atoms with Gasteiger partial charge in [0.1, 0.15) is 5.82 Å². The van der Waals surface area contributed by atoms with Crippen LogP contribution in [0.1, 0.15) is 32.5 Å². The molecule has 0 saturated carbocycles. The van der Waals surface area contributed by atoms with Crippen molar-refractivity contribution in [3.63, 3.8) is 0 Å². The molecule has 0 bridgehead atoms. The number of hydrogen-bond acceptors (Lipinski definition) is 3. The Hall–Kier alpha value is -0.870. The number of likely N-dealkylation sites (tertiary alicyclic amines) is 1. The van der Waals surface area contributed by atoms with Crippen molar-refractivity contribution in [2.24, 2.45) is 13.0 Å². The van der Waals surface area contributed by atoms with E-state index in [1.54, 1.807) is 0 Å². The third kappa shape index (κ3) is 4.32. The highest BCUT2D eigenvalue weighted by atomic mass is 15.2. The number of rotatable bonds is 6. The van der Waals surface area contributed by atoms with Crippen molar-refractivity contribution in [1.29, 1.82) is 0 Å². The summed E-state index contributed by atoms with van der Waals surface area (Å²) in [6.07, 6.45) is 7.70. The van der Waals surface area contributed by atoms with Gasteiger partial charge in [0, 0.05) is 51.5 Å². The van der Waals surface area contributed by atoms with Gasteiger partial charge in [-0.2, -0.15) is 0 Å². The molecule has 1 fully saturated rings. The molecule has 20 heavy (non-hydrogen) atoms. The summed E-state index contributed by atoms with van der Waals surface area (Å²) in [6, 6.07) is 0.690. The van der Waals surface area contributed by atoms with Crippen molar-refractivity contribution >= 4 is 0 Å². The van der Waals surface area contributed by atoms with Crippen LogP contribution in [0.25, 0.3) is 0 Å². The second-order valence-corrected chi connectivity index (χ2v) is 6.56. The van der Waals surface area contributed by atoms with Gasteiger partial charge >= 0.3 is 0 Å². The standard InChI is InChI=1S/C16H30N4/c1-14(2)20-9-5-6-15(13-20)12-18(3)10-7-16-17-8-11-19(16)4/h8,11,14-15H,5-7,9-10,12-13H2,1-4H3. The van der Waals surface area contributed by atoms with Crippen molar-refractivity contribution in [2.45, 2.75) is 39.2 Å². The molecule has 2 rings (SSSR count). The van der Waals surface area contributed by atoms with Gasteiger partial charge in [-0.05, 0) is 46.2 Å². The van der Waals surface area contributed by atoms with Crippen LogP contribution in [0.15, 0.2) is 12.4 Å². The molecule has 0 N–H and O–H groups in total. The first-order chi connectivity index (χ1) is 9.56. The van der Waals surface area contributed by atoms with E-state index < -0.39 is 0 Å². The van der Waals surface area contributed by atoms with E-state index in [0.717, 1.165) is 18.9 Å². The number of imidazole rings is 1. The molecular formula is C16H30N4. The summed E-state index contributed by atoms with van der Waals surface area (Å²) in [6.45, 7) is 9.49. The summed E-state index contributed by atoms with van der Waals surface area (Å²) in [7, 11) is 4.32. The number of likely N-dealkylation sites (N-methyl/N-ethyl adjacent to an activating group) is 1. The van der Waals surface area contributed by atoms with Gasteiger partial charge in [0.05, 0.1) is 0 Å². The molecule has 0 radical (unpaired) electrons. The molecule has 1 atom stereocenters. The Bertz CT molecular complexity index is 399.